The van der Waals surface area contributed by atoms with E-state index in [0.29, 0.717) is 27.7 Å². The van der Waals surface area contributed by atoms with Crippen LogP contribution in [0.2, 0.25) is 0 Å². The molecule has 0 radical (unpaired) electrons. The van der Waals surface area contributed by atoms with E-state index in [2.05, 4.69) is 10.5 Å². The second-order valence-electron chi connectivity index (χ2n) is 8.89. The zero-order chi connectivity index (χ0) is 27.3. The van der Waals surface area contributed by atoms with Gasteiger partial charge in [0.25, 0.3) is 29.5 Å². The molecule has 2 aliphatic heterocycles. The minimum atomic E-state index is -0.571. The first-order chi connectivity index (χ1) is 18.9. The summed E-state index contributed by atoms with van der Waals surface area (Å²) in [6.07, 6.45) is 1.40. The summed E-state index contributed by atoms with van der Waals surface area (Å²) < 4.78 is 0. The molecule has 0 atom stereocenters. The first-order valence-corrected chi connectivity index (χ1v) is 11.9. The highest BCUT2D eigenvalue weighted by atomic mass is 16.2. The van der Waals surface area contributed by atoms with Gasteiger partial charge in [-0.1, -0.05) is 30.3 Å². The smallest absolute Gasteiger partial charge is 0.265 e. The van der Waals surface area contributed by atoms with Crippen molar-refractivity contribution in [2.75, 3.05) is 16.3 Å². The van der Waals surface area contributed by atoms with E-state index in [1.54, 1.807) is 54.6 Å². The number of imide groups is 2. The fraction of sp³-hybridized carbons (Fsp3) is 0.0345. The lowest BCUT2D eigenvalue weighted by atomic mass is 9.85. The van der Waals surface area contributed by atoms with Gasteiger partial charge in [-0.15, -0.1) is 0 Å². The third-order valence-electron chi connectivity index (χ3n) is 6.65. The molecule has 0 saturated heterocycles. The normalized spacial score (nSPS) is 14.5. The third-order valence-corrected chi connectivity index (χ3v) is 6.65. The molecule has 4 aromatic rings. The van der Waals surface area contributed by atoms with E-state index in [-0.39, 0.29) is 28.8 Å². The zero-order valence-corrected chi connectivity index (χ0v) is 20.3. The highest BCUT2D eigenvalue weighted by molar-refractivity contribution is 6.42. The van der Waals surface area contributed by atoms with Gasteiger partial charge in [-0.3, -0.25) is 24.0 Å². The van der Waals surface area contributed by atoms with Gasteiger partial charge in [0.2, 0.25) is 0 Å². The van der Waals surface area contributed by atoms with Gasteiger partial charge in [-0.05, 0) is 54.1 Å². The summed E-state index contributed by atoms with van der Waals surface area (Å²) in [5, 5.41) is 4.40. The van der Waals surface area contributed by atoms with E-state index in [0.717, 1.165) is 9.80 Å². The van der Waals surface area contributed by atoms with Crippen LogP contribution in [0.1, 0.15) is 47.0 Å². The minimum Gasteiger partial charge on any atom is -0.322 e. The molecule has 10 heteroatoms. The van der Waals surface area contributed by atoms with Crippen molar-refractivity contribution in [2.45, 2.75) is 0 Å². The van der Waals surface area contributed by atoms with E-state index in [4.69, 9.17) is 5.73 Å². The number of amides is 5. The predicted molar refractivity (Wildman–Crippen MR) is 144 cm³/mol. The maximum Gasteiger partial charge on any atom is 0.265 e. The maximum atomic E-state index is 13.6. The lowest BCUT2D eigenvalue weighted by Crippen LogP contribution is -2.43. The molecule has 2 heterocycles. The largest absolute Gasteiger partial charge is 0.322 e. The Morgan fingerprint density at radius 1 is 0.667 bits per heavy atom. The van der Waals surface area contributed by atoms with Crippen molar-refractivity contribution >= 4 is 57.9 Å². The highest BCUT2D eigenvalue weighted by Gasteiger charge is 2.40. The summed E-state index contributed by atoms with van der Waals surface area (Å²) in [6, 6.07) is 21.1. The Bertz CT molecular complexity index is 1690. The van der Waals surface area contributed by atoms with Crippen molar-refractivity contribution in [3.63, 3.8) is 0 Å². The molecule has 0 unspecified atom stereocenters. The van der Waals surface area contributed by atoms with Crippen molar-refractivity contribution in [3.05, 3.63) is 107 Å². The van der Waals surface area contributed by atoms with E-state index in [9.17, 15) is 24.0 Å². The van der Waals surface area contributed by atoms with Gasteiger partial charge in [0.1, 0.15) is 0 Å². The first kappa shape index (κ1) is 23.9. The van der Waals surface area contributed by atoms with E-state index in [1.807, 2.05) is 0 Å². The molecule has 6 rings (SSSR count). The van der Waals surface area contributed by atoms with Crippen LogP contribution in [-0.2, 0) is 4.79 Å². The molecule has 3 N–H and O–H groups in total. The van der Waals surface area contributed by atoms with Crippen LogP contribution in [-0.4, -0.2) is 42.3 Å². The Morgan fingerprint density at radius 2 is 1.10 bits per heavy atom. The van der Waals surface area contributed by atoms with Crippen LogP contribution in [0.25, 0.3) is 10.8 Å². The quantitative estimate of drug-likeness (QED) is 0.237. The summed E-state index contributed by atoms with van der Waals surface area (Å²) in [7, 11) is 0. The molecule has 0 saturated carbocycles. The maximum absolute atomic E-state index is 13.6. The average molecular weight is 518 g/mol. The third kappa shape index (κ3) is 3.70. The summed E-state index contributed by atoms with van der Waals surface area (Å²) in [5.74, 6) is -2.63. The Balaban J connectivity index is 1.39. The number of rotatable bonds is 5. The van der Waals surface area contributed by atoms with Crippen molar-refractivity contribution in [1.29, 1.82) is 0 Å². The Labute approximate surface area is 221 Å². The zero-order valence-electron chi connectivity index (χ0n) is 20.3. The number of carbonyl (C=O) groups is 5. The standard InChI is InChI=1S/C29H19N5O5/c30-14-23(35)32-31-15-16-6-8-18(9-7-16)34-28(38)21-12-10-19-24-20(11-13-22(25(21)24)29(34)39)27(37)33(26(19)36)17-4-2-1-3-5-17/h1-13,15H,14,30H2,(H,32,35)/b31-15+. The molecule has 0 fully saturated rings. The number of nitrogens with one attached hydrogen (secondary N) is 1. The molecule has 0 spiro atoms. The van der Waals surface area contributed by atoms with Gasteiger partial charge < -0.3 is 5.73 Å². The molecule has 2 aliphatic rings. The number of carbonyl (C=O) groups excluding carboxylic acids is 5. The average Bonchev–Trinajstić information content (AvgIpc) is 2.96. The van der Waals surface area contributed by atoms with Crippen LogP contribution >= 0.6 is 0 Å². The van der Waals surface area contributed by atoms with Gasteiger partial charge in [-0.25, -0.2) is 15.2 Å². The molecule has 0 aliphatic carbocycles. The van der Waals surface area contributed by atoms with Crippen molar-refractivity contribution in [3.8, 4) is 0 Å². The number of anilines is 2. The van der Waals surface area contributed by atoms with Gasteiger partial charge in [0, 0.05) is 33.0 Å². The van der Waals surface area contributed by atoms with Crippen LogP contribution < -0.4 is 21.0 Å². The second kappa shape index (κ2) is 9.12. The highest BCUT2D eigenvalue weighted by Crippen LogP contribution is 2.39. The Kier molecular flexibility index (Phi) is 5.59. The van der Waals surface area contributed by atoms with Crippen LogP contribution in [0.15, 0.2) is 84.0 Å². The monoisotopic (exact) mass is 517 g/mol. The molecular formula is C29H19N5O5. The molecule has 4 aromatic carbocycles. The summed E-state index contributed by atoms with van der Waals surface area (Å²) in [4.78, 5) is 67.4. The second-order valence-corrected chi connectivity index (χ2v) is 8.89. The molecule has 0 bridgehead atoms. The van der Waals surface area contributed by atoms with Gasteiger partial charge in [-0.2, -0.15) is 5.10 Å². The minimum absolute atomic E-state index is 0.194. The van der Waals surface area contributed by atoms with E-state index in [1.165, 1.54) is 30.5 Å². The van der Waals surface area contributed by atoms with Crippen molar-refractivity contribution in [2.24, 2.45) is 10.8 Å². The first-order valence-electron chi connectivity index (χ1n) is 11.9. The Morgan fingerprint density at radius 3 is 1.54 bits per heavy atom. The van der Waals surface area contributed by atoms with Crippen LogP contribution in [0.3, 0.4) is 0 Å². The van der Waals surface area contributed by atoms with E-state index < -0.39 is 29.5 Å². The van der Waals surface area contributed by atoms with Crippen LogP contribution in [0.4, 0.5) is 11.4 Å². The van der Waals surface area contributed by atoms with Gasteiger partial charge in [0.15, 0.2) is 0 Å². The number of para-hydroxylation sites is 1. The molecule has 190 valence electrons. The molecule has 5 amide bonds. The van der Waals surface area contributed by atoms with Crippen LogP contribution in [0.5, 0.6) is 0 Å². The summed E-state index contributed by atoms with van der Waals surface area (Å²) in [6.45, 7) is -0.194. The number of hydrogen-bond acceptors (Lipinski definition) is 7. The topological polar surface area (TPSA) is 142 Å². The molecular weight excluding hydrogens is 498 g/mol. The number of nitrogens with zero attached hydrogens (tertiary/aromatic N) is 3. The van der Waals surface area contributed by atoms with Gasteiger partial charge in [0.05, 0.1) is 24.1 Å². The van der Waals surface area contributed by atoms with Crippen LogP contribution in [0, 0.1) is 0 Å². The Hall–Kier alpha value is -5.48. The van der Waals surface area contributed by atoms with E-state index >= 15 is 0 Å². The number of hydrogen-bond donors (Lipinski definition) is 2. The number of hydrazone groups is 1. The molecule has 39 heavy (non-hydrogen) atoms. The lowest BCUT2D eigenvalue weighted by Gasteiger charge is -2.32. The number of nitrogens with two attached hydrogens (primary N) is 1. The summed E-state index contributed by atoms with van der Waals surface area (Å²) >= 11 is 0. The fourth-order valence-corrected chi connectivity index (χ4v) is 4.85. The van der Waals surface area contributed by atoms with Gasteiger partial charge >= 0.3 is 0 Å². The number of benzene rings is 4. The van der Waals surface area contributed by atoms with Crippen molar-refractivity contribution < 1.29 is 24.0 Å². The fourth-order valence-electron chi connectivity index (χ4n) is 4.85. The molecule has 10 nitrogen and oxygen atoms in total. The van der Waals surface area contributed by atoms with Crippen molar-refractivity contribution in [1.82, 2.24) is 5.43 Å². The summed E-state index contributed by atoms with van der Waals surface area (Å²) in [5.41, 5.74) is 9.79. The molecule has 0 aromatic heterocycles. The predicted octanol–water partition coefficient (Wildman–Crippen LogP) is 2.85. The lowest BCUT2D eigenvalue weighted by molar-refractivity contribution is -0.119. The SMILES string of the molecule is NCC(=O)N/N=C/c1ccc(N2C(=O)c3ccc4c5c(ccc(c35)C2=O)C(=O)N(c2ccccc2)C4=O)cc1.